The van der Waals surface area contributed by atoms with Gasteiger partial charge in [-0.15, -0.1) is 10.2 Å². The number of nitrogens with two attached hydrogens (primary N) is 1. The van der Waals surface area contributed by atoms with Crippen molar-refractivity contribution in [3.8, 4) is 43.9 Å². The molecule has 0 bridgehead atoms. The van der Waals surface area contributed by atoms with Gasteiger partial charge in [-0.1, -0.05) is 53.8 Å². The van der Waals surface area contributed by atoms with Crippen LogP contribution in [0.5, 0.6) is 0 Å². The molecule has 0 spiro atoms. The molecule has 2 aromatic carbocycles. The van der Waals surface area contributed by atoms with Gasteiger partial charge in [0, 0.05) is 22.9 Å². The molecular weight excluding hydrogens is 673 g/mol. The lowest BCUT2D eigenvalue weighted by atomic mass is 10.1. The quantitative estimate of drug-likeness (QED) is 0.105. The molecule has 0 aliphatic heterocycles. The SMILES string of the molecule is N=C(SC(=[NH2+])c1cccc(-c2ccc(C(F)(F)F)cc2)n1)c1cccc(-c2nnc(-c3cccc(-c4ccc(C(F)(F)F)cc4)n3)s2)n1. The van der Waals surface area contributed by atoms with Crippen LogP contribution >= 0.6 is 23.1 Å². The molecule has 15 heteroatoms. The minimum Gasteiger partial charge on any atom is -0.292 e. The lowest BCUT2D eigenvalue weighted by molar-refractivity contribution is -0.138. The molecule has 0 radical (unpaired) electrons. The fourth-order valence-electron chi connectivity index (χ4n) is 4.43. The zero-order chi connectivity index (χ0) is 34.1. The van der Waals surface area contributed by atoms with E-state index >= 15 is 0 Å². The molecule has 7 nitrogen and oxygen atoms in total. The summed E-state index contributed by atoms with van der Waals surface area (Å²) in [5.74, 6) is 0. The van der Waals surface area contributed by atoms with Crippen LogP contribution in [-0.4, -0.2) is 35.2 Å². The van der Waals surface area contributed by atoms with Crippen LogP contribution in [0.2, 0.25) is 0 Å². The van der Waals surface area contributed by atoms with Gasteiger partial charge in [0.05, 0.1) is 28.2 Å². The third-order valence-corrected chi connectivity index (χ3v) is 8.63. The first kappa shape index (κ1) is 32.7. The van der Waals surface area contributed by atoms with Crippen molar-refractivity contribution in [1.29, 1.82) is 5.41 Å². The maximum atomic E-state index is 13.0. The van der Waals surface area contributed by atoms with Crippen LogP contribution in [0.15, 0.2) is 103 Å². The van der Waals surface area contributed by atoms with Gasteiger partial charge in [-0.3, -0.25) is 5.41 Å². The van der Waals surface area contributed by atoms with Gasteiger partial charge in [-0.25, -0.2) is 20.4 Å². The van der Waals surface area contributed by atoms with Gasteiger partial charge in [-0.05, 0) is 60.7 Å². The first-order valence-electron chi connectivity index (χ1n) is 13.9. The van der Waals surface area contributed by atoms with Crippen LogP contribution < -0.4 is 5.41 Å². The third-order valence-electron chi connectivity index (χ3n) is 6.82. The standard InChI is InChI=1S/C33H19F6N7S2/c34-32(35,36)20-14-10-18(11-15-20)22-4-1-6-24(42-22)28(40)47-29(41)25-7-3-9-27(44-25)31-46-45-30(48-31)26-8-2-5-23(43-26)19-12-16-21(17-13-19)33(37,38)39/h1-17,40-41H/p+1. The normalized spacial score (nSPS) is 11.8. The van der Waals surface area contributed by atoms with E-state index in [9.17, 15) is 26.3 Å². The lowest BCUT2D eigenvalue weighted by Gasteiger charge is -2.08. The van der Waals surface area contributed by atoms with Crippen LogP contribution in [0.4, 0.5) is 26.3 Å². The highest BCUT2D eigenvalue weighted by Gasteiger charge is 2.31. The fourth-order valence-corrected chi connectivity index (χ4v) is 5.87. The Balaban J connectivity index is 1.16. The molecule has 0 unspecified atom stereocenters. The molecule has 0 atom stereocenters. The zero-order valence-electron chi connectivity index (χ0n) is 24.2. The average Bonchev–Trinajstić information content (AvgIpc) is 3.59. The first-order chi connectivity index (χ1) is 22.8. The van der Waals surface area contributed by atoms with E-state index in [1.54, 1.807) is 54.6 Å². The van der Waals surface area contributed by atoms with E-state index in [2.05, 4.69) is 25.1 Å². The van der Waals surface area contributed by atoms with Crippen LogP contribution in [0.1, 0.15) is 22.5 Å². The molecule has 4 aromatic heterocycles. The Labute approximate surface area is 276 Å². The van der Waals surface area contributed by atoms with Gasteiger partial charge < -0.3 is 0 Å². The van der Waals surface area contributed by atoms with Gasteiger partial charge in [0.25, 0.3) is 5.04 Å². The second kappa shape index (κ2) is 13.1. The second-order valence-electron chi connectivity index (χ2n) is 10.1. The summed E-state index contributed by atoms with van der Waals surface area (Å²) in [5, 5.41) is 24.5. The van der Waals surface area contributed by atoms with E-state index < -0.39 is 23.5 Å². The Morgan fingerprint density at radius 2 is 0.979 bits per heavy atom. The maximum Gasteiger partial charge on any atom is 0.416 e. The molecule has 0 amide bonds. The number of pyridine rings is 3. The number of benzene rings is 2. The number of nitrogens with one attached hydrogen (secondary N) is 1. The molecular formula is C33H20F6N7S2+. The van der Waals surface area contributed by atoms with E-state index in [1.165, 1.54) is 35.6 Å². The largest absolute Gasteiger partial charge is 0.416 e. The highest BCUT2D eigenvalue weighted by Crippen LogP contribution is 2.33. The number of nitrogens with zero attached hydrogens (tertiary/aromatic N) is 5. The van der Waals surface area contributed by atoms with E-state index in [-0.39, 0.29) is 10.1 Å². The Hall–Kier alpha value is -5.28. The van der Waals surface area contributed by atoms with Crippen molar-refractivity contribution in [2.24, 2.45) is 0 Å². The maximum absolute atomic E-state index is 13.0. The van der Waals surface area contributed by atoms with Gasteiger partial charge >= 0.3 is 12.4 Å². The Morgan fingerprint density at radius 1 is 0.562 bits per heavy atom. The summed E-state index contributed by atoms with van der Waals surface area (Å²) in [6.45, 7) is 0. The molecule has 3 N–H and O–H groups in total. The smallest absolute Gasteiger partial charge is 0.292 e. The Bertz CT molecular complexity index is 2130. The summed E-state index contributed by atoms with van der Waals surface area (Å²) in [4.78, 5) is 13.6. The summed E-state index contributed by atoms with van der Waals surface area (Å²) in [6, 6.07) is 24.5. The van der Waals surface area contributed by atoms with E-state index in [4.69, 9.17) is 10.8 Å². The summed E-state index contributed by atoms with van der Waals surface area (Å²) >= 11 is 2.13. The van der Waals surface area contributed by atoms with E-state index in [0.717, 1.165) is 36.0 Å². The molecule has 0 aliphatic carbocycles. The number of hydrogen-bond acceptors (Lipinski definition) is 8. The van der Waals surface area contributed by atoms with Gasteiger partial charge in [-0.2, -0.15) is 26.3 Å². The first-order valence-corrected chi connectivity index (χ1v) is 15.5. The Morgan fingerprint density at radius 3 is 1.50 bits per heavy atom. The number of halogens is 6. The summed E-state index contributed by atoms with van der Waals surface area (Å²) in [7, 11) is 0. The summed E-state index contributed by atoms with van der Waals surface area (Å²) in [5.41, 5.74) is 1.93. The number of aromatic nitrogens is 5. The van der Waals surface area contributed by atoms with E-state index in [1.807, 2.05) is 0 Å². The van der Waals surface area contributed by atoms with Gasteiger partial charge in [0.2, 0.25) is 0 Å². The second-order valence-corrected chi connectivity index (χ2v) is 12.1. The van der Waals surface area contributed by atoms with Crippen molar-refractivity contribution in [1.82, 2.24) is 25.1 Å². The molecule has 0 saturated heterocycles. The number of thioether (sulfide) groups is 1. The highest BCUT2D eigenvalue weighted by atomic mass is 32.2. The van der Waals surface area contributed by atoms with E-state index in [0.29, 0.717) is 55.3 Å². The average molecular weight is 693 g/mol. The third kappa shape index (κ3) is 7.31. The van der Waals surface area contributed by atoms with Crippen molar-refractivity contribution in [3.63, 3.8) is 0 Å². The van der Waals surface area contributed by atoms with Crippen molar-refractivity contribution in [3.05, 3.63) is 126 Å². The van der Waals surface area contributed by atoms with Crippen LogP contribution in [0, 0.1) is 5.41 Å². The lowest BCUT2D eigenvalue weighted by Crippen LogP contribution is -2.39. The van der Waals surface area contributed by atoms with Crippen LogP contribution in [0.3, 0.4) is 0 Å². The molecule has 0 fully saturated rings. The fraction of sp³-hybridized carbons (Fsp3) is 0.0606. The number of rotatable bonds is 6. The van der Waals surface area contributed by atoms with Crippen LogP contribution in [0.25, 0.3) is 43.9 Å². The molecule has 0 saturated carbocycles. The van der Waals surface area contributed by atoms with Crippen molar-refractivity contribution in [2.75, 3.05) is 0 Å². The number of alkyl halides is 6. The van der Waals surface area contributed by atoms with Gasteiger partial charge in [0.1, 0.15) is 22.1 Å². The van der Waals surface area contributed by atoms with Crippen molar-refractivity contribution >= 4 is 33.2 Å². The predicted octanol–water partition coefficient (Wildman–Crippen LogP) is 7.69. The molecule has 6 aromatic rings. The monoisotopic (exact) mass is 692 g/mol. The molecule has 6 rings (SSSR count). The van der Waals surface area contributed by atoms with Crippen molar-refractivity contribution in [2.45, 2.75) is 12.4 Å². The van der Waals surface area contributed by atoms with Gasteiger partial charge in [0.15, 0.2) is 10.0 Å². The Kier molecular flexibility index (Phi) is 8.90. The minimum atomic E-state index is -4.45. The molecule has 48 heavy (non-hydrogen) atoms. The summed E-state index contributed by atoms with van der Waals surface area (Å²) in [6.07, 6.45) is -8.88. The minimum absolute atomic E-state index is 0.0201. The van der Waals surface area contributed by atoms with Crippen molar-refractivity contribution < 1.29 is 31.8 Å². The number of hydrogen-bond donors (Lipinski definition) is 2. The topological polar surface area (TPSA) is 114 Å². The molecule has 0 aliphatic rings. The predicted molar refractivity (Wildman–Crippen MR) is 172 cm³/mol. The highest BCUT2D eigenvalue weighted by molar-refractivity contribution is 8.27. The molecule has 4 heterocycles. The van der Waals surface area contributed by atoms with Crippen LogP contribution in [-0.2, 0) is 12.4 Å². The summed E-state index contributed by atoms with van der Waals surface area (Å²) < 4.78 is 77.8. The molecule has 240 valence electrons. The zero-order valence-corrected chi connectivity index (χ0v) is 25.8.